The van der Waals surface area contributed by atoms with Crippen molar-refractivity contribution in [3.63, 3.8) is 0 Å². The Labute approximate surface area is 108 Å². The van der Waals surface area contributed by atoms with E-state index in [4.69, 9.17) is 0 Å². The fraction of sp³-hybridized carbons (Fsp3) is 0.364. The largest absolute Gasteiger partial charge is 0.351 e. The van der Waals surface area contributed by atoms with Gasteiger partial charge >= 0.3 is 0 Å². The van der Waals surface area contributed by atoms with Gasteiger partial charge in [0.05, 0.1) is 5.56 Å². The summed E-state index contributed by atoms with van der Waals surface area (Å²) in [4.78, 5) is 15.4. The fourth-order valence-corrected chi connectivity index (χ4v) is 4.08. The number of rotatable bonds is 2. The van der Waals surface area contributed by atoms with E-state index in [9.17, 15) is 4.79 Å². The van der Waals surface area contributed by atoms with Crippen molar-refractivity contribution in [1.82, 2.24) is 5.32 Å². The van der Waals surface area contributed by atoms with Crippen LogP contribution in [0.25, 0.3) is 0 Å². The number of hydrogen-bond donors (Lipinski definition) is 1. The van der Waals surface area contributed by atoms with Crippen molar-refractivity contribution in [2.24, 2.45) is 0 Å². The molecule has 0 fully saturated rings. The number of amides is 1. The highest BCUT2D eigenvalue weighted by atomic mass is 32.2. The highest BCUT2D eigenvalue weighted by molar-refractivity contribution is 8.01. The second-order valence-electron chi connectivity index (χ2n) is 3.31. The van der Waals surface area contributed by atoms with E-state index in [0.29, 0.717) is 0 Å². The van der Waals surface area contributed by atoms with Gasteiger partial charge < -0.3 is 5.32 Å². The van der Waals surface area contributed by atoms with E-state index < -0.39 is 0 Å². The van der Waals surface area contributed by atoms with E-state index in [1.807, 2.05) is 12.3 Å². The molecular weight excluding hydrogens is 258 g/mol. The molecule has 2 nitrogen and oxygen atoms in total. The predicted molar refractivity (Wildman–Crippen MR) is 73.1 cm³/mol. The maximum atomic E-state index is 11.8. The molecular formula is C11H13NOS3. The minimum atomic E-state index is 0.0583. The molecule has 0 bridgehead atoms. The molecule has 1 aromatic carbocycles. The van der Waals surface area contributed by atoms with Crippen LogP contribution in [0.15, 0.2) is 26.8 Å². The van der Waals surface area contributed by atoms with Gasteiger partial charge in [-0.3, -0.25) is 4.79 Å². The lowest BCUT2D eigenvalue weighted by atomic mass is 10.2. The number of fused-ring (bicyclic) bond motifs is 1. The van der Waals surface area contributed by atoms with Crippen molar-refractivity contribution in [3.05, 3.63) is 17.7 Å². The fourth-order valence-electron chi connectivity index (χ4n) is 1.58. The molecule has 1 heterocycles. The summed E-state index contributed by atoms with van der Waals surface area (Å²) in [5, 5.41) is 2.91. The highest BCUT2D eigenvalue weighted by Gasteiger charge is 2.18. The Balaban J connectivity index is 2.51. The Morgan fingerprint density at radius 3 is 2.62 bits per heavy atom. The summed E-state index contributed by atoms with van der Waals surface area (Å²) in [6.45, 7) is 0.751. The summed E-state index contributed by atoms with van der Waals surface area (Å²) in [6, 6.07) is 4.15. The predicted octanol–water partition coefficient (Wildman–Crippen LogP) is 2.97. The van der Waals surface area contributed by atoms with Gasteiger partial charge in [0.1, 0.15) is 0 Å². The smallest absolute Gasteiger partial charge is 0.252 e. The summed E-state index contributed by atoms with van der Waals surface area (Å²) in [5.74, 6) is 1.01. The molecule has 1 aromatic rings. The van der Waals surface area contributed by atoms with Crippen LogP contribution in [-0.4, -0.2) is 30.7 Å². The second kappa shape index (κ2) is 5.38. The first kappa shape index (κ1) is 12.2. The van der Waals surface area contributed by atoms with Gasteiger partial charge in [-0.1, -0.05) is 0 Å². The van der Waals surface area contributed by atoms with Crippen LogP contribution in [0.2, 0.25) is 0 Å². The van der Waals surface area contributed by atoms with Crippen molar-refractivity contribution in [2.75, 3.05) is 24.8 Å². The SMILES string of the molecule is CSc1cc2c(cc1SC)C(=O)NCCS2. The maximum absolute atomic E-state index is 11.8. The number of carbonyl (C=O) groups is 1. The molecule has 0 aromatic heterocycles. The monoisotopic (exact) mass is 271 g/mol. The van der Waals surface area contributed by atoms with E-state index in [2.05, 4.69) is 17.6 Å². The highest BCUT2D eigenvalue weighted by Crippen LogP contribution is 2.35. The molecule has 0 atom stereocenters. The third kappa shape index (κ3) is 2.36. The van der Waals surface area contributed by atoms with Crippen LogP contribution in [0.3, 0.4) is 0 Å². The van der Waals surface area contributed by atoms with Crippen LogP contribution >= 0.6 is 35.3 Å². The Bertz CT molecular complexity index is 420. The molecule has 2 rings (SSSR count). The number of hydrogen-bond acceptors (Lipinski definition) is 4. The normalized spacial score (nSPS) is 15.2. The molecule has 0 spiro atoms. The summed E-state index contributed by atoms with van der Waals surface area (Å²) in [7, 11) is 0. The van der Waals surface area contributed by atoms with Gasteiger partial charge in [0, 0.05) is 27.0 Å². The van der Waals surface area contributed by atoms with E-state index in [1.165, 1.54) is 9.79 Å². The van der Waals surface area contributed by atoms with E-state index in [1.54, 1.807) is 35.3 Å². The summed E-state index contributed by atoms with van der Waals surface area (Å²) in [5.41, 5.74) is 0.824. The quantitative estimate of drug-likeness (QED) is 0.837. The van der Waals surface area contributed by atoms with Gasteiger partial charge in [-0.2, -0.15) is 0 Å². The van der Waals surface area contributed by atoms with Crippen LogP contribution in [0.5, 0.6) is 0 Å². The van der Waals surface area contributed by atoms with Crippen LogP contribution in [-0.2, 0) is 0 Å². The van der Waals surface area contributed by atoms with Crippen molar-refractivity contribution in [3.8, 4) is 0 Å². The molecule has 16 heavy (non-hydrogen) atoms. The lowest BCUT2D eigenvalue weighted by molar-refractivity contribution is 0.0954. The third-order valence-electron chi connectivity index (χ3n) is 2.38. The Kier molecular flexibility index (Phi) is 4.10. The van der Waals surface area contributed by atoms with Crippen molar-refractivity contribution >= 4 is 41.2 Å². The van der Waals surface area contributed by atoms with Crippen LogP contribution in [0.1, 0.15) is 10.4 Å². The average Bonchev–Trinajstić information content (AvgIpc) is 2.49. The number of nitrogens with one attached hydrogen (secondary N) is 1. The minimum Gasteiger partial charge on any atom is -0.351 e. The molecule has 86 valence electrons. The average molecular weight is 271 g/mol. The van der Waals surface area contributed by atoms with Crippen LogP contribution in [0, 0.1) is 0 Å². The van der Waals surface area contributed by atoms with Crippen LogP contribution < -0.4 is 5.32 Å². The first-order valence-electron chi connectivity index (χ1n) is 4.93. The number of thioether (sulfide) groups is 3. The lowest BCUT2D eigenvalue weighted by Gasteiger charge is -2.10. The third-order valence-corrected chi connectivity index (χ3v) is 5.12. The Morgan fingerprint density at radius 2 is 1.94 bits per heavy atom. The standard InChI is InChI=1S/C11H13NOS3/c1-14-9-5-7-8(6-10(9)15-2)16-4-3-12-11(7)13/h5-6H,3-4H2,1-2H3,(H,12,13). The van der Waals surface area contributed by atoms with Crippen molar-refractivity contribution in [2.45, 2.75) is 14.7 Å². The Hall–Kier alpha value is -0.260. The number of carbonyl (C=O) groups excluding carboxylic acids is 1. The van der Waals surface area contributed by atoms with Gasteiger partial charge in [-0.15, -0.1) is 35.3 Å². The van der Waals surface area contributed by atoms with Crippen LogP contribution in [0.4, 0.5) is 0 Å². The molecule has 1 N–H and O–H groups in total. The van der Waals surface area contributed by atoms with E-state index >= 15 is 0 Å². The Morgan fingerprint density at radius 1 is 1.25 bits per heavy atom. The van der Waals surface area contributed by atoms with E-state index in [-0.39, 0.29) is 5.91 Å². The van der Waals surface area contributed by atoms with Gasteiger partial charge in [-0.05, 0) is 24.6 Å². The number of benzene rings is 1. The van der Waals surface area contributed by atoms with Crippen molar-refractivity contribution in [1.29, 1.82) is 0 Å². The molecule has 1 amide bonds. The first-order chi connectivity index (χ1) is 7.76. The lowest BCUT2D eigenvalue weighted by Crippen LogP contribution is -2.23. The zero-order valence-corrected chi connectivity index (χ0v) is 11.7. The molecule has 1 aliphatic rings. The molecule has 0 saturated carbocycles. The molecule has 5 heteroatoms. The maximum Gasteiger partial charge on any atom is 0.252 e. The molecule has 0 aliphatic carbocycles. The molecule has 0 unspecified atom stereocenters. The molecule has 0 radical (unpaired) electrons. The van der Waals surface area contributed by atoms with Gasteiger partial charge in [-0.25, -0.2) is 0 Å². The zero-order valence-electron chi connectivity index (χ0n) is 9.20. The van der Waals surface area contributed by atoms with Gasteiger partial charge in [0.2, 0.25) is 0 Å². The molecule has 0 saturated heterocycles. The first-order valence-corrected chi connectivity index (χ1v) is 8.37. The zero-order chi connectivity index (χ0) is 11.5. The summed E-state index contributed by atoms with van der Waals surface area (Å²) < 4.78 is 0. The van der Waals surface area contributed by atoms with Gasteiger partial charge in [0.25, 0.3) is 5.91 Å². The van der Waals surface area contributed by atoms with Gasteiger partial charge in [0.15, 0.2) is 0 Å². The summed E-state index contributed by atoms with van der Waals surface area (Å²) in [6.07, 6.45) is 4.12. The topological polar surface area (TPSA) is 29.1 Å². The minimum absolute atomic E-state index is 0.0583. The van der Waals surface area contributed by atoms with E-state index in [0.717, 1.165) is 22.8 Å². The molecule has 1 aliphatic heterocycles. The van der Waals surface area contributed by atoms with Crippen molar-refractivity contribution < 1.29 is 4.79 Å². The second-order valence-corrected chi connectivity index (χ2v) is 6.14. The summed E-state index contributed by atoms with van der Waals surface area (Å²) >= 11 is 5.18.